The van der Waals surface area contributed by atoms with Gasteiger partial charge in [-0.3, -0.25) is 24.2 Å². The van der Waals surface area contributed by atoms with E-state index in [9.17, 15) is 19.2 Å². The third kappa shape index (κ3) is 11.2. The number of hydrogen-bond acceptors (Lipinski definition) is 7. The number of rotatable bonds is 14. The molecule has 1 aromatic carbocycles. The Balaban J connectivity index is 2.82. The van der Waals surface area contributed by atoms with Crippen LogP contribution in [0.4, 0.5) is 0 Å². The van der Waals surface area contributed by atoms with Crippen molar-refractivity contribution in [3.05, 3.63) is 35.9 Å². The number of carbonyl (C=O) groups is 4. The average Bonchev–Trinajstić information content (AvgIpc) is 2.77. The lowest BCUT2D eigenvalue weighted by Crippen LogP contribution is -2.56. The minimum atomic E-state index is -1.23. The van der Waals surface area contributed by atoms with E-state index in [-0.39, 0.29) is 31.1 Å². The SMILES string of the molecule is NC(N)=NCCCC(NC(=O)C(N)Cc1ccccc1)C(=O)NC(CS)C(=O)NCC(=O)O. The number of guanidine groups is 1. The van der Waals surface area contributed by atoms with E-state index in [1.165, 1.54) is 0 Å². The van der Waals surface area contributed by atoms with Crippen molar-refractivity contribution in [2.24, 2.45) is 22.2 Å². The fraction of sp³-hybridized carbons (Fsp3) is 0.450. The summed E-state index contributed by atoms with van der Waals surface area (Å²) in [5.41, 5.74) is 17.5. The van der Waals surface area contributed by atoms with Gasteiger partial charge in [0.25, 0.3) is 0 Å². The summed E-state index contributed by atoms with van der Waals surface area (Å²) >= 11 is 4.03. The van der Waals surface area contributed by atoms with Crippen LogP contribution in [0.1, 0.15) is 18.4 Å². The van der Waals surface area contributed by atoms with Crippen molar-refractivity contribution in [2.75, 3.05) is 18.8 Å². The van der Waals surface area contributed by atoms with Gasteiger partial charge in [-0.1, -0.05) is 30.3 Å². The highest BCUT2D eigenvalue weighted by molar-refractivity contribution is 7.80. The summed E-state index contributed by atoms with van der Waals surface area (Å²) in [6.07, 6.45) is 0.801. The molecule has 33 heavy (non-hydrogen) atoms. The highest BCUT2D eigenvalue weighted by atomic mass is 32.1. The number of carboxylic acid groups (broad SMARTS) is 1. The van der Waals surface area contributed by atoms with E-state index < -0.39 is 48.4 Å². The Morgan fingerprint density at radius 2 is 1.64 bits per heavy atom. The van der Waals surface area contributed by atoms with Gasteiger partial charge in [0.1, 0.15) is 18.6 Å². The van der Waals surface area contributed by atoms with Gasteiger partial charge in [-0.05, 0) is 24.8 Å². The molecule has 0 aliphatic rings. The molecule has 0 fully saturated rings. The Kier molecular flexibility index (Phi) is 12.3. The van der Waals surface area contributed by atoms with Gasteiger partial charge >= 0.3 is 5.97 Å². The van der Waals surface area contributed by atoms with E-state index in [1.54, 1.807) is 0 Å². The van der Waals surface area contributed by atoms with Crippen molar-refractivity contribution < 1.29 is 24.3 Å². The van der Waals surface area contributed by atoms with Crippen molar-refractivity contribution >= 4 is 42.3 Å². The molecule has 12 nitrogen and oxygen atoms in total. The van der Waals surface area contributed by atoms with E-state index >= 15 is 0 Å². The summed E-state index contributed by atoms with van der Waals surface area (Å²) in [5, 5.41) is 15.9. The highest BCUT2D eigenvalue weighted by Crippen LogP contribution is 2.05. The summed E-state index contributed by atoms with van der Waals surface area (Å²) in [6.45, 7) is -0.376. The Hall–Kier alpha value is -3.32. The second-order valence-corrected chi connectivity index (χ2v) is 7.53. The number of aliphatic imine (C=N–C) groups is 1. The number of nitrogens with two attached hydrogens (primary N) is 3. The average molecular weight is 482 g/mol. The van der Waals surface area contributed by atoms with Gasteiger partial charge in [-0.25, -0.2) is 0 Å². The normalized spacial score (nSPS) is 13.2. The van der Waals surface area contributed by atoms with Crippen LogP contribution in [0, 0.1) is 0 Å². The Bertz CT molecular complexity index is 833. The van der Waals surface area contributed by atoms with Gasteiger partial charge in [-0.2, -0.15) is 12.6 Å². The summed E-state index contributed by atoms with van der Waals surface area (Å²) < 4.78 is 0. The van der Waals surface area contributed by atoms with Crippen LogP contribution in [0.15, 0.2) is 35.3 Å². The number of thiol groups is 1. The molecule has 3 atom stereocenters. The Labute approximate surface area is 197 Å². The zero-order valence-electron chi connectivity index (χ0n) is 18.1. The van der Waals surface area contributed by atoms with Gasteiger partial charge in [0, 0.05) is 12.3 Å². The number of nitrogens with zero attached hydrogens (tertiary/aromatic N) is 1. The molecule has 1 aromatic rings. The smallest absolute Gasteiger partial charge is 0.322 e. The third-order valence-corrected chi connectivity index (χ3v) is 4.81. The monoisotopic (exact) mass is 481 g/mol. The first-order chi connectivity index (χ1) is 15.6. The molecule has 3 unspecified atom stereocenters. The number of amides is 3. The zero-order valence-corrected chi connectivity index (χ0v) is 19.0. The largest absolute Gasteiger partial charge is 0.480 e. The van der Waals surface area contributed by atoms with Crippen LogP contribution in [-0.4, -0.2) is 71.7 Å². The van der Waals surface area contributed by atoms with Crippen LogP contribution < -0.4 is 33.2 Å². The molecule has 0 bridgehead atoms. The quantitative estimate of drug-likeness (QED) is 0.0624. The van der Waals surface area contributed by atoms with Gasteiger partial charge in [-0.15, -0.1) is 0 Å². The number of carbonyl (C=O) groups excluding carboxylic acids is 3. The lowest BCUT2D eigenvalue weighted by molar-refractivity contribution is -0.138. The molecule has 0 heterocycles. The summed E-state index contributed by atoms with van der Waals surface area (Å²) in [7, 11) is 0. The topological polar surface area (TPSA) is 215 Å². The minimum absolute atomic E-state index is 0.0839. The predicted octanol–water partition coefficient (Wildman–Crippen LogP) is -2.29. The standard InChI is InChI=1S/C20H31N7O5S/c21-13(9-12-5-2-1-3-6-12)17(30)26-14(7-4-8-24-20(22)23)19(32)27-15(11-33)18(31)25-10-16(28)29/h1-3,5-6,13-15,33H,4,7-11,21H2,(H,25,31)(H,26,30)(H,27,32)(H,28,29)(H4,22,23,24). The lowest BCUT2D eigenvalue weighted by atomic mass is 10.0. The van der Waals surface area contributed by atoms with E-state index in [0.717, 1.165) is 5.56 Å². The zero-order chi connectivity index (χ0) is 24.8. The molecule has 0 aliphatic carbocycles. The molecular weight excluding hydrogens is 450 g/mol. The molecule has 10 N–H and O–H groups in total. The van der Waals surface area contributed by atoms with Crippen LogP contribution in [0.5, 0.6) is 0 Å². The molecule has 3 amide bonds. The summed E-state index contributed by atoms with van der Waals surface area (Å²) in [5.74, 6) is -3.32. The van der Waals surface area contributed by atoms with Crippen LogP contribution in [0.25, 0.3) is 0 Å². The second kappa shape index (κ2) is 14.7. The molecule has 0 saturated carbocycles. The van der Waals surface area contributed by atoms with Crippen molar-refractivity contribution in [3.8, 4) is 0 Å². The van der Waals surface area contributed by atoms with E-state index in [4.69, 9.17) is 22.3 Å². The van der Waals surface area contributed by atoms with Crippen molar-refractivity contribution in [2.45, 2.75) is 37.4 Å². The number of hydrogen-bond donors (Lipinski definition) is 8. The predicted molar refractivity (Wildman–Crippen MR) is 126 cm³/mol. The molecular formula is C20H31N7O5S. The first kappa shape index (κ1) is 27.7. The molecule has 182 valence electrons. The fourth-order valence-corrected chi connectivity index (χ4v) is 3.02. The molecule has 0 aromatic heterocycles. The van der Waals surface area contributed by atoms with E-state index in [1.807, 2.05) is 30.3 Å². The van der Waals surface area contributed by atoms with Crippen LogP contribution >= 0.6 is 12.6 Å². The molecule has 0 aliphatic heterocycles. The maximum atomic E-state index is 12.8. The van der Waals surface area contributed by atoms with Gasteiger partial charge < -0.3 is 38.3 Å². The first-order valence-corrected chi connectivity index (χ1v) is 10.8. The first-order valence-electron chi connectivity index (χ1n) is 10.2. The molecule has 1 rings (SSSR count). The Morgan fingerprint density at radius 1 is 1.00 bits per heavy atom. The molecule has 13 heteroatoms. The maximum Gasteiger partial charge on any atom is 0.322 e. The summed E-state index contributed by atoms with van der Waals surface area (Å²) in [4.78, 5) is 52.0. The molecule has 0 radical (unpaired) electrons. The van der Waals surface area contributed by atoms with Crippen molar-refractivity contribution in [3.63, 3.8) is 0 Å². The second-order valence-electron chi connectivity index (χ2n) is 7.16. The summed E-state index contributed by atoms with van der Waals surface area (Å²) in [6, 6.07) is 6.13. The van der Waals surface area contributed by atoms with Gasteiger partial charge in [0.2, 0.25) is 17.7 Å². The highest BCUT2D eigenvalue weighted by Gasteiger charge is 2.27. The molecule has 0 spiro atoms. The number of benzene rings is 1. The van der Waals surface area contributed by atoms with Crippen LogP contribution in [0.3, 0.4) is 0 Å². The number of carboxylic acids is 1. The van der Waals surface area contributed by atoms with E-state index in [2.05, 4.69) is 33.6 Å². The van der Waals surface area contributed by atoms with E-state index in [0.29, 0.717) is 6.42 Å². The Morgan fingerprint density at radius 3 is 2.21 bits per heavy atom. The fourth-order valence-electron chi connectivity index (χ4n) is 2.76. The van der Waals surface area contributed by atoms with Gasteiger partial charge in [0.15, 0.2) is 5.96 Å². The van der Waals surface area contributed by atoms with Gasteiger partial charge in [0.05, 0.1) is 6.04 Å². The van der Waals surface area contributed by atoms with Crippen molar-refractivity contribution in [1.82, 2.24) is 16.0 Å². The van der Waals surface area contributed by atoms with Crippen molar-refractivity contribution in [1.29, 1.82) is 0 Å². The maximum absolute atomic E-state index is 12.8. The number of nitrogens with one attached hydrogen (secondary N) is 3. The third-order valence-electron chi connectivity index (χ3n) is 4.44. The molecule has 0 saturated heterocycles. The minimum Gasteiger partial charge on any atom is -0.480 e. The number of aliphatic carboxylic acids is 1. The lowest BCUT2D eigenvalue weighted by Gasteiger charge is -2.23. The van der Waals surface area contributed by atoms with Crippen LogP contribution in [-0.2, 0) is 25.6 Å². The van der Waals surface area contributed by atoms with Crippen LogP contribution in [0.2, 0.25) is 0 Å².